The number of alkyl carbamates (subject to hydrolysis) is 1. The zero-order chi connectivity index (χ0) is 8.81. The second-order valence-electron chi connectivity index (χ2n) is 2.97. The van der Waals surface area contributed by atoms with Crippen molar-refractivity contribution in [1.82, 2.24) is 10.6 Å². The highest BCUT2D eigenvalue weighted by Crippen LogP contribution is 1.97. The number of carbonyl (C=O) groups is 1. The molecule has 2 N–H and O–H groups in total. The molecule has 0 spiro atoms. The molecule has 0 aromatic rings. The number of rotatable bonds is 3. The normalized spacial score (nSPS) is 22.2. The molecule has 0 aliphatic carbocycles. The van der Waals surface area contributed by atoms with E-state index >= 15 is 0 Å². The Bertz CT molecular complexity index is 144. The molecule has 4 nitrogen and oxygen atoms in total. The van der Waals surface area contributed by atoms with Crippen LogP contribution in [-0.4, -0.2) is 31.8 Å². The molecule has 0 bridgehead atoms. The zero-order valence-electron chi connectivity index (χ0n) is 7.43. The highest BCUT2D eigenvalue weighted by Gasteiger charge is 2.16. The Morgan fingerprint density at radius 2 is 2.58 bits per heavy atom. The van der Waals surface area contributed by atoms with E-state index in [-0.39, 0.29) is 12.1 Å². The topological polar surface area (TPSA) is 50.4 Å². The van der Waals surface area contributed by atoms with Gasteiger partial charge in [-0.3, -0.25) is 0 Å². The second-order valence-corrected chi connectivity index (χ2v) is 2.97. The van der Waals surface area contributed by atoms with Gasteiger partial charge >= 0.3 is 6.09 Å². The van der Waals surface area contributed by atoms with E-state index in [1.807, 2.05) is 6.92 Å². The summed E-state index contributed by atoms with van der Waals surface area (Å²) in [6, 6.07) is 0.259. The fourth-order valence-corrected chi connectivity index (χ4v) is 1.18. The van der Waals surface area contributed by atoms with Crippen LogP contribution in [0, 0.1) is 0 Å². The minimum absolute atomic E-state index is 0.259. The molecule has 1 aliphatic heterocycles. The molecule has 1 amide bonds. The van der Waals surface area contributed by atoms with E-state index in [0.717, 1.165) is 25.9 Å². The lowest BCUT2D eigenvalue weighted by Crippen LogP contribution is -2.36. The van der Waals surface area contributed by atoms with Gasteiger partial charge in [0.2, 0.25) is 0 Å². The molecule has 4 heteroatoms. The molecule has 70 valence electrons. The van der Waals surface area contributed by atoms with Gasteiger partial charge < -0.3 is 15.4 Å². The minimum Gasteiger partial charge on any atom is -0.450 e. The number of carbonyl (C=O) groups excluding carboxylic acids is 1. The molecule has 0 saturated carbocycles. The zero-order valence-corrected chi connectivity index (χ0v) is 7.43. The average Bonchev–Trinajstić information content (AvgIpc) is 2.53. The van der Waals surface area contributed by atoms with Crippen LogP contribution in [0.3, 0.4) is 0 Å². The Kier molecular flexibility index (Phi) is 3.87. The van der Waals surface area contributed by atoms with E-state index in [2.05, 4.69) is 10.6 Å². The van der Waals surface area contributed by atoms with E-state index in [4.69, 9.17) is 4.74 Å². The van der Waals surface area contributed by atoms with E-state index in [1.54, 1.807) is 0 Å². The predicted molar refractivity (Wildman–Crippen MR) is 46.0 cm³/mol. The highest BCUT2D eigenvalue weighted by molar-refractivity contribution is 5.67. The Morgan fingerprint density at radius 1 is 1.75 bits per heavy atom. The van der Waals surface area contributed by atoms with Crippen molar-refractivity contribution in [2.45, 2.75) is 25.8 Å². The van der Waals surface area contributed by atoms with E-state index in [1.165, 1.54) is 0 Å². The van der Waals surface area contributed by atoms with Crippen LogP contribution in [0.2, 0.25) is 0 Å². The number of hydrogen-bond donors (Lipinski definition) is 2. The summed E-state index contributed by atoms with van der Waals surface area (Å²) in [5, 5.41) is 5.95. The summed E-state index contributed by atoms with van der Waals surface area (Å²) in [6.07, 6.45) is 1.59. The van der Waals surface area contributed by atoms with Crippen LogP contribution in [0.4, 0.5) is 4.79 Å². The molecule has 1 aliphatic rings. The maximum atomic E-state index is 11.0. The van der Waals surface area contributed by atoms with Crippen molar-refractivity contribution in [1.29, 1.82) is 0 Å². The van der Waals surface area contributed by atoms with Gasteiger partial charge in [0.05, 0.1) is 6.61 Å². The van der Waals surface area contributed by atoms with Gasteiger partial charge in [0.25, 0.3) is 0 Å². The summed E-state index contributed by atoms with van der Waals surface area (Å²) in [5.41, 5.74) is 0. The smallest absolute Gasteiger partial charge is 0.407 e. The fraction of sp³-hybridized carbons (Fsp3) is 0.875. The quantitative estimate of drug-likeness (QED) is 0.651. The van der Waals surface area contributed by atoms with Gasteiger partial charge in [0.15, 0.2) is 0 Å². The van der Waals surface area contributed by atoms with E-state index < -0.39 is 0 Å². The first kappa shape index (κ1) is 9.32. The van der Waals surface area contributed by atoms with Crippen LogP contribution in [0.5, 0.6) is 0 Å². The lowest BCUT2D eigenvalue weighted by molar-refractivity contribution is 0.143. The molecule has 1 fully saturated rings. The lowest BCUT2D eigenvalue weighted by Gasteiger charge is -2.10. The van der Waals surface area contributed by atoms with Crippen molar-refractivity contribution in [3.63, 3.8) is 0 Å². The lowest BCUT2D eigenvalue weighted by atomic mass is 10.3. The minimum atomic E-state index is -0.287. The first-order valence-corrected chi connectivity index (χ1v) is 4.47. The van der Waals surface area contributed by atoms with Crippen molar-refractivity contribution in [3.05, 3.63) is 0 Å². The van der Waals surface area contributed by atoms with Gasteiger partial charge in [-0.05, 0) is 19.4 Å². The molecule has 1 atom stereocenters. The third-order valence-electron chi connectivity index (χ3n) is 1.82. The van der Waals surface area contributed by atoms with Gasteiger partial charge in [-0.15, -0.1) is 0 Å². The summed E-state index contributed by atoms with van der Waals surface area (Å²) in [5.74, 6) is 0. The Balaban J connectivity index is 2.08. The van der Waals surface area contributed by atoms with Gasteiger partial charge in [-0.25, -0.2) is 4.79 Å². The third-order valence-corrected chi connectivity index (χ3v) is 1.82. The van der Waals surface area contributed by atoms with Crippen LogP contribution in [0.25, 0.3) is 0 Å². The summed E-state index contributed by atoms with van der Waals surface area (Å²) >= 11 is 0. The van der Waals surface area contributed by atoms with Crippen LogP contribution >= 0.6 is 0 Å². The van der Waals surface area contributed by atoms with Crippen molar-refractivity contribution >= 4 is 6.09 Å². The number of nitrogens with one attached hydrogen (secondary N) is 2. The van der Waals surface area contributed by atoms with Crippen molar-refractivity contribution in [3.8, 4) is 0 Å². The van der Waals surface area contributed by atoms with Crippen molar-refractivity contribution in [2.24, 2.45) is 0 Å². The monoisotopic (exact) mass is 172 g/mol. The standard InChI is InChI=1S/C8H16N2O2/c1-2-5-12-8(11)10-7-3-4-9-6-7/h7,9H,2-6H2,1H3,(H,10,11). The van der Waals surface area contributed by atoms with Gasteiger partial charge in [0.1, 0.15) is 0 Å². The number of amides is 1. The predicted octanol–water partition coefficient (Wildman–Crippen LogP) is 0.484. The summed E-state index contributed by atoms with van der Waals surface area (Å²) < 4.78 is 4.88. The Hall–Kier alpha value is -0.770. The summed E-state index contributed by atoms with van der Waals surface area (Å²) in [7, 11) is 0. The molecule has 1 rings (SSSR count). The summed E-state index contributed by atoms with van der Waals surface area (Å²) in [4.78, 5) is 11.0. The van der Waals surface area contributed by atoms with Gasteiger partial charge in [0, 0.05) is 12.6 Å². The fourth-order valence-electron chi connectivity index (χ4n) is 1.18. The van der Waals surface area contributed by atoms with E-state index in [0.29, 0.717) is 6.61 Å². The van der Waals surface area contributed by atoms with Crippen LogP contribution in [-0.2, 0) is 4.74 Å². The maximum Gasteiger partial charge on any atom is 0.407 e. The number of ether oxygens (including phenoxy) is 1. The molecule has 12 heavy (non-hydrogen) atoms. The second kappa shape index (κ2) is 4.98. The van der Waals surface area contributed by atoms with Crippen molar-refractivity contribution in [2.75, 3.05) is 19.7 Å². The molecule has 1 unspecified atom stereocenters. The Labute approximate surface area is 72.7 Å². The van der Waals surface area contributed by atoms with Crippen LogP contribution in [0.1, 0.15) is 19.8 Å². The highest BCUT2D eigenvalue weighted by atomic mass is 16.5. The first-order valence-electron chi connectivity index (χ1n) is 4.47. The largest absolute Gasteiger partial charge is 0.450 e. The SMILES string of the molecule is CCCOC(=O)NC1CCNC1. The molecular weight excluding hydrogens is 156 g/mol. The maximum absolute atomic E-state index is 11.0. The molecule has 0 radical (unpaired) electrons. The molecule has 1 heterocycles. The Morgan fingerprint density at radius 3 is 3.17 bits per heavy atom. The summed E-state index contributed by atoms with van der Waals surface area (Å²) in [6.45, 7) is 4.33. The van der Waals surface area contributed by atoms with Crippen LogP contribution in [0.15, 0.2) is 0 Å². The van der Waals surface area contributed by atoms with Gasteiger partial charge in [-0.1, -0.05) is 6.92 Å². The third kappa shape index (κ3) is 3.09. The number of hydrogen-bond acceptors (Lipinski definition) is 3. The molecular formula is C8H16N2O2. The first-order chi connectivity index (χ1) is 5.83. The van der Waals surface area contributed by atoms with Crippen LogP contribution < -0.4 is 10.6 Å². The molecule has 0 aromatic carbocycles. The average molecular weight is 172 g/mol. The molecule has 1 saturated heterocycles. The van der Waals surface area contributed by atoms with Gasteiger partial charge in [-0.2, -0.15) is 0 Å². The van der Waals surface area contributed by atoms with Crippen molar-refractivity contribution < 1.29 is 9.53 Å². The molecule has 0 aromatic heterocycles. The van der Waals surface area contributed by atoms with E-state index in [9.17, 15) is 4.79 Å².